The van der Waals surface area contributed by atoms with Crippen molar-refractivity contribution in [2.24, 2.45) is 10.2 Å². The lowest BCUT2D eigenvalue weighted by molar-refractivity contribution is 0.0998. The van der Waals surface area contributed by atoms with Crippen LogP contribution in [0.3, 0.4) is 0 Å². The van der Waals surface area contributed by atoms with E-state index in [1.54, 1.807) is 7.05 Å². The fourth-order valence-corrected chi connectivity index (χ4v) is 0.873. The number of azo groups is 1. The average molecular weight is 163 g/mol. The summed E-state index contributed by atoms with van der Waals surface area (Å²) in [5.41, 5.74) is 0.688. The van der Waals surface area contributed by atoms with E-state index >= 15 is 0 Å². The first kappa shape index (κ1) is 6.84. The lowest BCUT2D eigenvalue weighted by Gasteiger charge is -1.97. The van der Waals surface area contributed by atoms with Gasteiger partial charge < -0.3 is 5.32 Å². The summed E-state index contributed by atoms with van der Waals surface area (Å²) < 4.78 is 0. The Balaban J connectivity index is 2.55. The fourth-order valence-electron chi connectivity index (χ4n) is 0.873. The zero-order valence-electron chi connectivity index (χ0n) is 6.27. The third-order valence-corrected chi connectivity index (χ3v) is 1.44. The number of carbonyl (C=O) groups is 1. The molecule has 0 bridgehead atoms. The van der Waals surface area contributed by atoms with Crippen molar-refractivity contribution >= 4 is 17.5 Å². The van der Waals surface area contributed by atoms with Gasteiger partial charge in [-0.05, 0) is 0 Å². The summed E-state index contributed by atoms with van der Waals surface area (Å²) in [7, 11) is 1.68. The molecule has 2 heterocycles. The minimum atomic E-state index is -0.413. The van der Waals surface area contributed by atoms with Crippen LogP contribution in [0.15, 0.2) is 16.4 Å². The molecular formula is C6H5N5O. The fraction of sp³-hybridized carbons (Fsp3) is 0.167. The van der Waals surface area contributed by atoms with Crippen LogP contribution in [0.1, 0.15) is 10.5 Å². The molecule has 0 spiro atoms. The highest BCUT2D eigenvalue weighted by Gasteiger charge is 2.19. The molecule has 6 nitrogen and oxygen atoms in total. The largest absolute Gasteiger partial charge is 0.357 e. The van der Waals surface area contributed by atoms with Crippen molar-refractivity contribution < 1.29 is 4.79 Å². The zero-order valence-corrected chi connectivity index (χ0v) is 6.27. The average Bonchev–Trinajstić information content (AvgIpc) is 2.47. The Kier molecular flexibility index (Phi) is 1.33. The van der Waals surface area contributed by atoms with Gasteiger partial charge in [-0.1, -0.05) is 0 Å². The summed E-state index contributed by atoms with van der Waals surface area (Å²) in [4.78, 5) is 18.7. The van der Waals surface area contributed by atoms with Crippen molar-refractivity contribution in [1.82, 2.24) is 9.97 Å². The lowest BCUT2D eigenvalue weighted by Crippen LogP contribution is -2.00. The van der Waals surface area contributed by atoms with E-state index in [-0.39, 0.29) is 5.69 Å². The summed E-state index contributed by atoms with van der Waals surface area (Å²) in [5, 5.41) is 9.63. The second kappa shape index (κ2) is 2.33. The Hall–Kier alpha value is -1.85. The van der Waals surface area contributed by atoms with Gasteiger partial charge in [-0.3, -0.25) is 4.79 Å². The van der Waals surface area contributed by atoms with Crippen LogP contribution in [0.2, 0.25) is 0 Å². The van der Waals surface area contributed by atoms with Gasteiger partial charge in [0.15, 0.2) is 5.69 Å². The van der Waals surface area contributed by atoms with Crippen LogP contribution < -0.4 is 5.32 Å². The first-order valence-electron chi connectivity index (χ1n) is 3.32. The number of anilines is 1. The molecule has 2 rings (SSSR count). The van der Waals surface area contributed by atoms with Crippen molar-refractivity contribution in [2.45, 2.75) is 0 Å². The number of nitrogens with one attached hydrogen (secondary N) is 1. The van der Waals surface area contributed by atoms with Crippen molar-refractivity contribution in [2.75, 3.05) is 12.4 Å². The van der Waals surface area contributed by atoms with Crippen LogP contribution in [0.5, 0.6) is 0 Å². The van der Waals surface area contributed by atoms with E-state index in [0.717, 1.165) is 0 Å². The topological polar surface area (TPSA) is 79.6 Å². The smallest absolute Gasteiger partial charge is 0.316 e. The van der Waals surface area contributed by atoms with E-state index in [1.165, 1.54) is 6.20 Å². The van der Waals surface area contributed by atoms with Crippen molar-refractivity contribution in [3.63, 3.8) is 0 Å². The Morgan fingerprint density at radius 2 is 2.25 bits per heavy atom. The quantitative estimate of drug-likeness (QED) is 0.662. The van der Waals surface area contributed by atoms with Crippen LogP contribution in [0.25, 0.3) is 0 Å². The number of nitrogens with zero attached hydrogens (tertiary/aromatic N) is 4. The predicted octanol–water partition coefficient (Wildman–Crippen LogP) is 0.756. The van der Waals surface area contributed by atoms with Crippen molar-refractivity contribution in [1.29, 1.82) is 0 Å². The molecule has 0 fully saturated rings. The standard InChI is InChI=1S/C6H5N5O/c1-7-6-8-2-3-4(9-6)5(12)11-10-3/h2H,1H3,(H,7,8,9). The van der Waals surface area contributed by atoms with E-state index in [0.29, 0.717) is 11.6 Å². The van der Waals surface area contributed by atoms with Crippen LogP contribution >= 0.6 is 0 Å². The van der Waals surface area contributed by atoms with Gasteiger partial charge in [0.25, 0.3) is 0 Å². The molecule has 1 aromatic heterocycles. The molecule has 1 aliphatic heterocycles. The molecule has 1 N–H and O–H groups in total. The molecule has 1 amide bonds. The summed E-state index contributed by atoms with van der Waals surface area (Å²) in [6.45, 7) is 0. The van der Waals surface area contributed by atoms with Gasteiger partial charge >= 0.3 is 5.91 Å². The molecule has 0 unspecified atom stereocenters. The monoisotopic (exact) mass is 163 g/mol. The number of hydrogen-bond donors (Lipinski definition) is 1. The molecule has 0 saturated heterocycles. The predicted molar refractivity (Wildman–Crippen MR) is 40.4 cm³/mol. The van der Waals surface area contributed by atoms with Gasteiger partial charge in [0.1, 0.15) is 5.69 Å². The van der Waals surface area contributed by atoms with Crippen LogP contribution in [-0.4, -0.2) is 22.9 Å². The lowest BCUT2D eigenvalue weighted by atomic mass is 10.3. The Morgan fingerprint density at radius 3 is 3.00 bits per heavy atom. The van der Waals surface area contributed by atoms with Crippen molar-refractivity contribution in [3.05, 3.63) is 11.9 Å². The molecule has 1 aliphatic rings. The SMILES string of the molecule is CNc1ncc2c(n1)C(=O)N=N2. The van der Waals surface area contributed by atoms with Crippen LogP contribution in [0.4, 0.5) is 11.6 Å². The molecule has 0 atom stereocenters. The summed E-state index contributed by atoms with van der Waals surface area (Å²) >= 11 is 0. The first-order chi connectivity index (χ1) is 5.81. The second-order valence-electron chi connectivity index (χ2n) is 2.18. The molecule has 0 aromatic carbocycles. The molecule has 0 aliphatic carbocycles. The van der Waals surface area contributed by atoms with E-state index in [4.69, 9.17) is 0 Å². The molecule has 60 valence electrons. The Bertz CT molecular complexity index is 372. The molecule has 0 radical (unpaired) electrons. The molecule has 12 heavy (non-hydrogen) atoms. The third kappa shape index (κ3) is 0.849. The minimum absolute atomic E-state index is 0.259. The van der Waals surface area contributed by atoms with Gasteiger partial charge in [0, 0.05) is 7.05 Å². The number of carbonyl (C=O) groups excluding carboxylic acids is 1. The maximum Gasteiger partial charge on any atom is 0.316 e. The van der Waals surface area contributed by atoms with Gasteiger partial charge in [-0.25, -0.2) is 9.97 Å². The number of amides is 1. The van der Waals surface area contributed by atoms with Gasteiger partial charge in [-0.15, -0.1) is 10.2 Å². The Morgan fingerprint density at radius 1 is 1.42 bits per heavy atom. The maximum absolute atomic E-state index is 11.0. The summed E-state index contributed by atoms with van der Waals surface area (Å²) in [6, 6.07) is 0. The molecular weight excluding hydrogens is 158 g/mol. The van der Waals surface area contributed by atoms with E-state index in [1.807, 2.05) is 0 Å². The summed E-state index contributed by atoms with van der Waals surface area (Å²) in [5.74, 6) is -0.0155. The number of hydrogen-bond acceptors (Lipinski definition) is 5. The molecule has 6 heteroatoms. The highest BCUT2D eigenvalue weighted by Crippen LogP contribution is 2.24. The highest BCUT2D eigenvalue weighted by molar-refractivity contribution is 5.99. The van der Waals surface area contributed by atoms with E-state index in [2.05, 4.69) is 25.5 Å². The van der Waals surface area contributed by atoms with Gasteiger partial charge in [0.2, 0.25) is 5.95 Å². The second-order valence-corrected chi connectivity index (χ2v) is 2.18. The number of rotatable bonds is 1. The zero-order chi connectivity index (χ0) is 8.55. The van der Waals surface area contributed by atoms with Crippen LogP contribution in [-0.2, 0) is 0 Å². The maximum atomic E-state index is 11.0. The molecule has 1 aromatic rings. The minimum Gasteiger partial charge on any atom is -0.357 e. The van der Waals surface area contributed by atoms with E-state index < -0.39 is 5.91 Å². The highest BCUT2D eigenvalue weighted by atomic mass is 16.2. The number of aromatic nitrogens is 2. The van der Waals surface area contributed by atoms with Crippen LogP contribution in [0, 0.1) is 0 Å². The van der Waals surface area contributed by atoms with Gasteiger partial charge in [0.05, 0.1) is 6.20 Å². The van der Waals surface area contributed by atoms with Gasteiger partial charge in [-0.2, -0.15) is 0 Å². The number of fused-ring (bicyclic) bond motifs is 1. The normalized spacial score (nSPS) is 13.2. The Labute approximate surface area is 67.8 Å². The molecule has 0 saturated carbocycles. The van der Waals surface area contributed by atoms with E-state index in [9.17, 15) is 4.79 Å². The van der Waals surface area contributed by atoms with Crippen molar-refractivity contribution in [3.8, 4) is 0 Å². The first-order valence-corrected chi connectivity index (χ1v) is 3.32. The third-order valence-electron chi connectivity index (χ3n) is 1.44. The summed E-state index contributed by atoms with van der Waals surface area (Å²) in [6.07, 6.45) is 1.46.